The predicted octanol–water partition coefficient (Wildman–Crippen LogP) is 14.3. The molecule has 0 bridgehead atoms. The molecule has 0 heterocycles. The number of hydrogen-bond acceptors (Lipinski definition) is 0. The van der Waals surface area contributed by atoms with Crippen LogP contribution in [-0.2, 0) is 17.4 Å². The second-order valence-electron chi connectivity index (χ2n) is 16.5. The van der Waals surface area contributed by atoms with Crippen LogP contribution in [-0.4, -0.2) is 6.88 Å². The van der Waals surface area contributed by atoms with E-state index in [-0.39, 0.29) is 24.8 Å². The van der Waals surface area contributed by atoms with Crippen LogP contribution in [0.1, 0.15) is 127 Å². The molecule has 4 heteroatoms. The molecular weight excluding hydrogens is 743 g/mol. The summed E-state index contributed by atoms with van der Waals surface area (Å²) in [7, 11) is 0. The van der Waals surface area contributed by atoms with Crippen LogP contribution in [0, 0.1) is 5.92 Å². The molecule has 0 saturated carbocycles. The summed E-state index contributed by atoms with van der Waals surface area (Å²) in [5.41, 5.74) is 17.9. The van der Waals surface area contributed by atoms with E-state index in [9.17, 15) is 0 Å². The van der Waals surface area contributed by atoms with E-state index in [1.165, 1.54) is 63.8 Å². The Kier molecular flexibility index (Phi) is 13.0. The maximum atomic E-state index is 2.81. The summed E-state index contributed by atoms with van der Waals surface area (Å²) < 4.78 is 6.69. The van der Waals surface area contributed by atoms with Gasteiger partial charge in [0.15, 0.2) is 0 Å². The van der Waals surface area contributed by atoms with Gasteiger partial charge in [0.05, 0.1) is 0 Å². The second-order valence-corrected chi connectivity index (χ2v) is 47.0. The molecule has 2 aliphatic carbocycles. The third-order valence-corrected chi connectivity index (χ3v) is 29.5. The monoisotopic (exact) mass is 800 g/mol. The van der Waals surface area contributed by atoms with Crippen LogP contribution in [0.5, 0.6) is 0 Å². The van der Waals surface area contributed by atoms with Gasteiger partial charge in [-0.05, 0) is 0 Å². The molecule has 6 rings (SSSR count). The Morgan fingerprint density at radius 1 is 0.620 bits per heavy atom. The first-order valence-electron chi connectivity index (χ1n) is 18.8. The number of hydrogen-bond donors (Lipinski definition) is 0. The number of fused-ring (bicyclic) bond motifs is 2. The minimum absolute atomic E-state index is 0. The zero-order valence-corrected chi connectivity index (χ0v) is 37.5. The Hall–Kier alpha value is -1.96. The first-order valence-corrected chi connectivity index (χ1v) is 32.5. The fraction of sp³-hybridized carbons (Fsp3) is 0.391. The standard InChI is InChI=1S/C23H27.C21H23.2CH3.2ClH.H2Si.Zr/c1-5-7-17(4)21-14-20-8-6-9-22(23(20)15-21)19-12-10-18(11-13-19)16(2)3;1-4-15(3)17-9-11-18(12-10-17)20-8-6-7-19-13-16(5-2)14-21(19)20;;;;;;/h6,8-17H,5,7H2,1-4H3;6-15H,4-5H2,1-3H3;2*1H3;2*1H;1H2;. The molecular formula is C46H60Cl2SiZr. The largest absolute Gasteiger partial charge is 0.147 e. The van der Waals surface area contributed by atoms with E-state index in [1.807, 2.05) is 0 Å². The third kappa shape index (κ3) is 7.31. The summed E-state index contributed by atoms with van der Waals surface area (Å²) in [4.78, 5) is 0. The van der Waals surface area contributed by atoms with Crippen molar-refractivity contribution >= 4 is 43.8 Å². The summed E-state index contributed by atoms with van der Waals surface area (Å²) in [6, 6.07) is 33.3. The van der Waals surface area contributed by atoms with Gasteiger partial charge in [-0.2, -0.15) is 0 Å². The molecule has 0 nitrogen and oxygen atoms in total. The van der Waals surface area contributed by atoms with Crippen molar-refractivity contribution in [2.45, 2.75) is 103 Å². The van der Waals surface area contributed by atoms with Gasteiger partial charge in [-0.25, -0.2) is 0 Å². The Morgan fingerprint density at radius 3 is 1.60 bits per heavy atom. The quantitative estimate of drug-likeness (QED) is 0.133. The number of rotatable bonds is 11. The molecule has 4 aromatic rings. The van der Waals surface area contributed by atoms with Crippen molar-refractivity contribution < 1.29 is 17.4 Å². The molecule has 2 aliphatic rings. The molecule has 0 saturated heterocycles. The van der Waals surface area contributed by atoms with Crippen LogP contribution in [0.2, 0.25) is 9.26 Å². The van der Waals surface area contributed by atoms with E-state index in [4.69, 9.17) is 0 Å². The average molecular weight is 803 g/mol. The minimum Gasteiger partial charge on any atom is -0.147 e. The maximum Gasteiger partial charge on any atom is -0.147 e. The van der Waals surface area contributed by atoms with Gasteiger partial charge in [0.1, 0.15) is 0 Å². The molecule has 0 aliphatic heterocycles. The van der Waals surface area contributed by atoms with E-state index >= 15 is 0 Å². The number of allylic oxidation sites excluding steroid dienone is 2. The van der Waals surface area contributed by atoms with Crippen LogP contribution in [0.4, 0.5) is 0 Å². The van der Waals surface area contributed by atoms with Crippen LogP contribution in [0.3, 0.4) is 0 Å². The summed E-state index contributed by atoms with van der Waals surface area (Å²) in [6.45, 7) is 19.0. The van der Waals surface area contributed by atoms with Crippen LogP contribution in [0.15, 0.2) is 96.1 Å². The molecule has 0 radical (unpaired) electrons. The van der Waals surface area contributed by atoms with Crippen molar-refractivity contribution in [3.05, 3.63) is 129 Å². The zero-order chi connectivity index (χ0) is 34.4. The van der Waals surface area contributed by atoms with Gasteiger partial charge >= 0.3 is 297 Å². The Morgan fingerprint density at radius 2 is 1.12 bits per heavy atom. The van der Waals surface area contributed by atoms with E-state index in [2.05, 4.69) is 162 Å². The predicted molar refractivity (Wildman–Crippen MR) is 227 cm³/mol. The molecule has 4 aromatic carbocycles. The maximum absolute atomic E-state index is 3.73. The fourth-order valence-electron chi connectivity index (χ4n) is 9.34. The van der Waals surface area contributed by atoms with Crippen molar-refractivity contribution in [2.24, 2.45) is 5.92 Å². The van der Waals surface area contributed by atoms with Crippen molar-refractivity contribution in [3.8, 4) is 22.3 Å². The smallest absolute Gasteiger partial charge is 0.147 e. The molecule has 4 unspecified atom stereocenters. The van der Waals surface area contributed by atoms with Gasteiger partial charge in [-0.15, -0.1) is 24.8 Å². The zero-order valence-electron chi connectivity index (χ0n) is 32.0. The van der Waals surface area contributed by atoms with Crippen LogP contribution in [0.25, 0.3) is 34.4 Å². The van der Waals surface area contributed by atoms with Crippen molar-refractivity contribution in [1.29, 1.82) is 0 Å². The average Bonchev–Trinajstić information content (AvgIpc) is 3.69. The molecule has 0 amide bonds. The molecule has 0 N–H and O–H groups in total. The summed E-state index contributed by atoms with van der Waals surface area (Å²) >= 11 is -3.73. The summed E-state index contributed by atoms with van der Waals surface area (Å²) in [5, 5.41) is 0. The Balaban J connectivity index is 0.00000281. The SMILES string of the molecule is CCCC(C)C1=Cc2c(-c3ccc(C(C)C)cc3)cccc2[CH]1[Zr]([CH3])([CH3])(=[SiH2])[CH]1C(CC)=Cc2c(-c3ccc(C(C)CC)cc3)cccc21.Cl.Cl. The molecule has 0 fully saturated rings. The third-order valence-electron chi connectivity index (χ3n) is 12.1. The topological polar surface area (TPSA) is 0 Å². The van der Waals surface area contributed by atoms with Gasteiger partial charge in [0, 0.05) is 0 Å². The van der Waals surface area contributed by atoms with Crippen molar-refractivity contribution in [1.82, 2.24) is 0 Å². The van der Waals surface area contributed by atoms with Gasteiger partial charge in [-0.1, -0.05) is 0 Å². The van der Waals surface area contributed by atoms with Crippen LogP contribution >= 0.6 is 24.8 Å². The van der Waals surface area contributed by atoms with E-state index < -0.39 is 17.4 Å². The van der Waals surface area contributed by atoms with Gasteiger partial charge in [0.25, 0.3) is 0 Å². The minimum atomic E-state index is -3.73. The van der Waals surface area contributed by atoms with Crippen LogP contribution < -0.4 is 0 Å². The molecule has 0 spiro atoms. The van der Waals surface area contributed by atoms with Crippen molar-refractivity contribution in [2.75, 3.05) is 0 Å². The van der Waals surface area contributed by atoms with E-state index in [0.717, 1.165) is 6.42 Å². The molecule has 4 atom stereocenters. The fourth-order valence-corrected chi connectivity index (χ4v) is 29.3. The number of halogens is 2. The first kappa shape index (κ1) is 40.8. The van der Waals surface area contributed by atoms with E-state index in [0.29, 0.717) is 25.0 Å². The Bertz CT molecular complexity index is 1940. The van der Waals surface area contributed by atoms with E-state index in [1.54, 1.807) is 22.3 Å². The summed E-state index contributed by atoms with van der Waals surface area (Å²) in [5.74, 6) is 1.71. The van der Waals surface area contributed by atoms with Crippen molar-refractivity contribution in [3.63, 3.8) is 0 Å². The second kappa shape index (κ2) is 16.0. The summed E-state index contributed by atoms with van der Waals surface area (Å²) in [6.07, 6.45) is 10.0. The van der Waals surface area contributed by atoms with Gasteiger partial charge in [-0.3, -0.25) is 0 Å². The number of benzene rings is 4. The molecule has 50 heavy (non-hydrogen) atoms. The molecule has 0 aromatic heterocycles. The van der Waals surface area contributed by atoms with Gasteiger partial charge in [0.2, 0.25) is 0 Å². The molecule has 266 valence electrons. The Labute approximate surface area is 319 Å². The van der Waals surface area contributed by atoms with Gasteiger partial charge < -0.3 is 0 Å². The first-order chi connectivity index (χ1) is 22.9. The normalized spacial score (nSPS) is 18.0.